The average Bonchev–Trinajstić information content (AvgIpc) is 2.62. The first-order chi connectivity index (χ1) is 6.20. The lowest BCUT2D eigenvalue weighted by Gasteiger charge is -2.16. The molecule has 13 heavy (non-hydrogen) atoms. The molecule has 3 nitrogen and oxygen atoms in total. The summed E-state index contributed by atoms with van der Waals surface area (Å²) < 4.78 is 1.99. The minimum absolute atomic E-state index is 0.499. The van der Waals surface area contributed by atoms with Crippen LogP contribution >= 0.6 is 11.8 Å². The number of hydrogen-bond acceptors (Lipinski definition) is 3. The van der Waals surface area contributed by atoms with Crippen molar-refractivity contribution < 1.29 is 0 Å². The summed E-state index contributed by atoms with van der Waals surface area (Å²) in [5.41, 5.74) is 7.02. The van der Waals surface area contributed by atoms with E-state index in [-0.39, 0.29) is 0 Å². The molecular formula is C9H15N3S. The third-order valence-electron chi connectivity index (χ3n) is 2.68. The highest BCUT2D eigenvalue weighted by Gasteiger charge is 2.27. The van der Waals surface area contributed by atoms with Crippen molar-refractivity contribution in [1.29, 1.82) is 0 Å². The second kappa shape index (κ2) is 3.25. The van der Waals surface area contributed by atoms with Crippen molar-refractivity contribution in [3.8, 4) is 0 Å². The van der Waals surface area contributed by atoms with Crippen molar-refractivity contribution in [2.45, 2.75) is 31.6 Å². The lowest BCUT2D eigenvalue weighted by molar-refractivity contribution is 0.463. The maximum absolute atomic E-state index is 5.94. The Morgan fingerprint density at radius 3 is 2.92 bits per heavy atom. The quantitative estimate of drug-likeness (QED) is 0.747. The zero-order valence-electron chi connectivity index (χ0n) is 8.03. The van der Waals surface area contributed by atoms with Crippen LogP contribution < -0.4 is 5.73 Å². The van der Waals surface area contributed by atoms with Crippen molar-refractivity contribution in [3.05, 3.63) is 11.8 Å². The lowest BCUT2D eigenvalue weighted by Crippen LogP contribution is -2.17. The Labute approximate surface area is 82.7 Å². The second-order valence-corrected chi connectivity index (χ2v) is 5.07. The molecule has 1 saturated heterocycles. The van der Waals surface area contributed by atoms with Crippen LogP contribution in [-0.4, -0.2) is 20.8 Å². The molecule has 0 spiro atoms. The van der Waals surface area contributed by atoms with Crippen molar-refractivity contribution in [3.63, 3.8) is 0 Å². The predicted octanol–water partition coefficient (Wildman–Crippen LogP) is 1.84. The number of aryl methyl sites for hydroxylation is 1. The number of nitrogens with zero attached hydrogens (tertiary/aromatic N) is 2. The number of aromatic nitrogens is 2. The van der Waals surface area contributed by atoms with Crippen molar-refractivity contribution in [1.82, 2.24) is 9.78 Å². The molecule has 0 radical (unpaired) electrons. The van der Waals surface area contributed by atoms with Gasteiger partial charge in [-0.05, 0) is 19.1 Å². The molecule has 2 N–H and O–H groups in total. The van der Waals surface area contributed by atoms with Gasteiger partial charge in [-0.3, -0.25) is 0 Å². The van der Waals surface area contributed by atoms with Gasteiger partial charge in [0.1, 0.15) is 5.82 Å². The van der Waals surface area contributed by atoms with Crippen LogP contribution in [0.15, 0.2) is 6.20 Å². The third-order valence-corrected chi connectivity index (χ3v) is 3.99. The normalized spacial score (nSPS) is 28.2. The maximum atomic E-state index is 5.94. The summed E-state index contributed by atoms with van der Waals surface area (Å²) in [6, 6.07) is 0.499. The summed E-state index contributed by atoms with van der Waals surface area (Å²) in [4.78, 5) is 0. The fraction of sp³-hybridized carbons (Fsp3) is 0.667. The number of rotatable bonds is 1. The molecule has 2 atom stereocenters. The molecule has 0 saturated carbocycles. The fourth-order valence-electron chi connectivity index (χ4n) is 1.76. The van der Waals surface area contributed by atoms with Gasteiger partial charge in [-0.15, -0.1) is 0 Å². The van der Waals surface area contributed by atoms with E-state index in [2.05, 4.69) is 12.0 Å². The first kappa shape index (κ1) is 8.94. The number of anilines is 1. The summed E-state index contributed by atoms with van der Waals surface area (Å²) in [6.07, 6.45) is 3.04. The largest absolute Gasteiger partial charge is 0.384 e. The first-order valence-electron chi connectivity index (χ1n) is 4.61. The molecule has 2 unspecified atom stereocenters. The zero-order valence-corrected chi connectivity index (χ0v) is 8.84. The highest BCUT2D eigenvalue weighted by atomic mass is 32.2. The Morgan fingerprint density at radius 2 is 2.46 bits per heavy atom. The Kier molecular flexibility index (Phi) is 2.24. The monoisotopic (exact) mass is 197 g/mol. The van der Waals surface area contributed by atoms with Crippen molar-refractivity contribution in [2.75, 3.05) is 11.5 Å². The molecular weight excluding hydrogens is 182 g/mol. The van der Waals surface area contributed by atoms with Gasteiger partial charge < -0.3 is 5.73 Å². The van der Waals surface area contributed by atoms with Crippen LogP contribution in [0.4, 0.5) is 5.82 Å². The molecule has 1 aromatic heterocycles. The molecule has 0 amide bonds. The van der Waals surface area contributed by atoms with Crippen LogP contribution in [0.5, 0.6) is 0 Å². The predicted molar refractivity (Wildman–Crippen MR) is 57.0 cm³/mol. The number of nitrogens with two attached hydrogens (primary N) is 1. The topological polar surface area (TPSA) is 43.8 Å². The summed E-state index contributed by atoms with van der Waals surface area (Å²) in [5, 5.41) is 4.97. The zero-order chi connectivity index (χ0) is 9.42. The molecule has 2 rings (SSSR count). The number of hydrogen-bond donors (Lipinski definition) is 1. The van der Waals surface area contributed by atoms with E-state index in [1.54, 1.807) is 0 Å². The molecule has 2 heterocycles. The van der Waals surface area contributed by atoms with Crippen LogP contribution in [-0.2, 0) is 0 Å². The third kappa shape index (κ3) is 1.43. The van der Waals surface area contributed by atoms with Gasteiger partial charge >= 0.3 is 0 Å². The summed E-state index contributed by atoms with van der Waals surface area (Å²) in [5.74, 6) is 2.06. The van der Waals surface area contributed by atoms with Gasteiger partial charge in [-0.25, -0.2) is 4.68 Å². The van der Waals surface area contributed by atoms with Gasteiger partial charge in [0.2, 0.25) is 0 Å². The maximum Gasteiger partial charge on any atom is 0.124 e. The van der Waals surface area contributed by atoms with Gasteiger partial charge in [0.25, 0.3) is 0 Å². The van der Waals surface area contributed by atoms with Gasteiger partial charge in [-0.1, -0.05) is 6.92 Å². The molecule has 1 aliphatic heterocycles. The molecule has 1 aliphatic rings. The van der Waals surface area contributed by atoms with Gasteiger partial charge in [0.15, 0.2) is 0 Å². The summed E-state index contributed by atoms with van der Waals surface area (Å²) in [7, 11) is 0. The van der Waals surface area contributed by atoms with Gasteiger partial charge in [0, 0.05) is 10.8 Å². The number of nitrogen functional groups attached to an aromatic ring is 1. The van der Waals surface area contributed by atoms with Crippen LogP contribution in [0.2, 0.25) is 0 Å². The SMILES string of the molecule is Cc1cnn(C2CCSC2C)c1N. The summed E-state index contributed by atoms with van der Waals surface area (Å²) in [6.45, 7) is 4.25. The smallest absolute Gasteiger partial charge is 0.124 e. The van der Waals surface area contributed by atoms with E-state index in [1.165, 1.54) is 12.2 Å². The molecule has 0 bridgehead atoms. The Bertz CT molecular complexity index is 308. The van der Waals surface area contributed by atoms with Crippen LogP contribution in [0.25, 0.3) is 0 Å². The van der Waals surface area contributed by atoms with E-state index >= 15 is 0 Å². The Balaban J connectivity index is 2.29. The van der Waals surface area contributed by atoms with Crippen molar-refractivity contribution >= 4 is 17.6 Å². The van der Waals surface area contributed by atoms with Crippen LogP contribution in [0.1, 0.15) is 24.9 Å². The van der Waals surface area contributed by atoms with E-state index in [0.717, 1.165) is 11.4 Å². The molecule has 4 heteroatoms. The Morgan fingerprint density at radius 1 is 1.69 bits per heavy atom. The molecule has 1 fully saturated rings. The minimum Gasteiger partial charge on any atom is -0.384 e. The molecule has 0 aliphatic carbocycles. The molecule has 0 aromatic carbocycles. The lowest BCUT2D eigenvalue weighted by atomic mass is 10.2. The van der Waals surface area contributed by atoms with Crippen LogP contribution in [0.3, 0.4) is 0 Å². The van der Waals surface area contributed by atoms with E-state index < -0.39 is 0 Å². The summed E-state index contributed by atoms with van der Waals surface area (Å²) >= 11 is 2.00. The highest BCUT2D eigenvalue weighted by Crippen LogP contribution is 2.36. The van der Waals surface area contributed by atoms with Gasteiger partial charge in [-0.2, -0.15) is 16.9 Å². The molecule has 72 valence electrons. The average molecular weight is 197 g/mol. The second-order valence-electron chi connectivity index (χ2n) is 3.59. The van der Waals surface area contributed by atoms with Crippen LogP contribution in [0, 0.1) is 6.92 Å². The van der Waals surface area contributed by atoms with E-state index in [9.17, 15) is 0 Å². The molecule has 1 aromatic rings. The number of thioether (sulfide) groups is 1. The van der Waals surface area contributed by atoms with E-state index in [1.807, 2.05) is 29.6 Å². The fourth-order valence-corrected chi connectivity index (χ4v) is 2.99. The Hall–Kier alpha value is -0.640. The van der Waals surface area contributed by atoms with E-state index in [4.69, 9.17) is 5.73 Å². The van der Waals surface area contributed by atoms with E-state index in [0.29, 0.717) is 11.3 Å². The van der Waals surface area contributed by atoms with Gasteiger partial charge in [0.05, 0.1) is 12.2 Å². The van der Waals surface area contributed by atoms with Crippen molar-refractivity contribution in [2.24, 2.45) is 0 Å². The minimum atomic E-state index is 0.499. The standard InChI is InChI=1S/C9H15N3S/c1-6-5-11-12(9(6)10)8-3-4-13-7(8)2/h5,7-8H,3-4,10H2,1-2H3. The first-order valence-corrected chi connectivity index (χ1v) is 5.66. The highest BCUT2D eigenvalue weighted by molar-refractivity contribution is 8.00.